The molecule has 1 aliphatic carbocycles. The van der Waals surface area contributed by atoms with Gasteiger partial charge in [0.25, 0.3) is 5.91 Å². The number of aryl methyl sites for hydroxylation is 1. The van der Waals surface area contributed by atoms with Crippen LogP contribution < -0.4 is 10.1 Å². The summed E-state index contributed by atoms with van der Waals surface area (Å²) in [5, 5.41) is 3.34. The Morgan fingerprint density at radius 2 is 1.89 bits per heavy atom. The van der Waals surface area contributed by atoms with Crippen LogP contribution in [-0.2, 0) is 6.42 Å². The Morgan fingerprint density at radius 3 is 2.75 bits per heavy atom. The van der Waals surface area contributed by atoms with Crippen LogP contribution in [0.15, 0.2) is 66.7 Å². The molecule has 3 aromatic carbocycles. The van der Waals surface area contributed by atoms with Crippen LogP contribution >= 0.6 is 11.6 Å². The van der Waals surface area contributed by atoms with E-state index in [0.29, 0.717) is 22.3 Å². The van der Waals surface area contributed by atoms with Crippen LogP contribution in [0, 0.1) is 0 Å². The van der Waals surface area contributed by atoms with E-state index in [1.54, 1.807) is 18.2 Å². The van der Waals surface area contributed by atoms with Gasteiger partial charge < -0.3 is 10.1 Å². The summed E-state index contributed by atoms with van der Waals surface area (Å²) in [5.41, 5.74) is 5.14. The maximum Gasteiger partial charge on any atom is 0.260 e. The minimum absolute atomic E-state index is 0.274. The van der Waals surface area contributed by atoms with Crippen molar-refractivity contribution in [1.82, 2.24) is 0 Å². The normalized spacial score (nSPS) is 15.6. The first-order valence-corrected chi connectivity index (χ1v) is 9.87. The van der Waals surface area contributed by atoms with Crippen LogP contribution in [0.4, 0.5) is 5.69 Å². The molecule has 3 aromatic rings. The molecule has 0 aromatic heterocycles. The van der Waals surface area contributed by atoms with Crippen LogP contribution in [0.5, 0.6) is 5.75 Å². The second-order valence-electron chi connectivity index (χ2n) is 7.04. The summed E-state index contributed by atoms with van der Waals surface area (Å²) >= 11 is 6.24. The van der Waals surface area contributed by atoms with Crippen molar-refractivity contribution >= 4 is 23.2 Å². The van der Waals surface area contributed by atoms with E-state index >= 15 is 0 Å². The van der Waals surface area contributed by atoms with Gasteiger partial charge in [0.15, 0.2) is 0 Å². The molecule has 4 rings (SSSR count). The number of ether oxygens (including phenoxy) is 1. The third-order valence-corrected chi connectivity index (χ3v) is 5.65. The number of rotatable bonds is 4. The topological polar surface area (TPSA) is 38.3 Å². The molecule has 1 aliphatic rings. The molecular formula is C24H22ClNO2. The number of halogens is 1. The maximum atomic E-state index is 12.8. The maximum absolute atomic E-state index is 12.8. The van der Waals surface area contributed by atoms with Crippen molar-refractivity contribution < 1.29 is 9.53 Å². The van der Waals surface area contributed by atoms with Gasteiger partial charge in [-0.15, -0.1) is 0 Å². The highest BCUT2D eigenvalue weighted by Gasteiger charge is 2.22. The number of benzene rings is 3. The molecule has 0 heterocycles. The number of hydrogen-bond donors (Lipinski definition) is 1. The van der Waals surface area contributed by atoms with Crippen molar-refractivity contribution in [3.05, 3.63) is 94.0 Å². The summed E-state index contributed by atoms with van der Waals surface area (Å²) in [7, 11) is 1.53. The molecular weight excluding hydrogens is 370 g/mol. The van der Waals surface area contributed by atoms with Crippen LogP contribution in [0.2, 0.25) is 5.02 Å². The Bertz CT molecular complexity index is 1010. The highest BCUT2D eigenvalue weighted by atomic mass is 35.5. The van der Waals surface area contributed by atoms with Gasteiger partial charge in [0.1, 0.15) is 11.3 Å². The molecule has 1 amide bonds. The van der Waals surface area contributed by atoms with Crippen LogP contribution in [-0.4, -0.2) is 13.0 Å². The number of carbonyl (C=O) groups excluding carboxylic acids is 1. The van der Waals surface area contributed by atoms with Gasteiger partial charge in [-0.3, -0.25) is 4.79 Å². The molecule has 0 saturated carbocycles. The molecule has 1 N–H and O–H groups in total. The Kier molecular flexibility index (Phi) is 5.36. The molecule has 142 valence electrons. The fourth-order valence-electron chi connectivity index (χ4n) is 4.02. The Labute approximate surface area is 170 Å². The molecule has 4 heteroatoms. The van der Waals surface area contributed by atoms with E-state index in [1.165, 1.54) is 30.2 Å². The molecule has 0 bridgehead atoms. The molecule has 1 unspecified atom stereocenters. The number of amides is 1. The average Bonchev–Trinajstić information content (AvgIpc) is 2.73. The van der Waals surface area contributed by atoms with Crippen molar-refractivity contribution in [2.75, 3.05) is 12.4 Å². The summed E-state index contributed by atoms with van der Waals surface area (Å²) < 4.78 is 5.30. The summed E-state index contributed by atoms with van der Waals surface area (Å²) in [6.45, 7) is 0. The van der Waals surface area contributed by atoms with Gasteiger partial charge in [-0.05, 0) is 60.2 Å². The van der Waals surface area contributed by atoms with E-state index in [-0.39, 0.29) is 5.91 Å². The van der Waals surface area contributed by atoms with E-state index in [2.05, 4.69) is 41.7 Å². The summed E-state index contributed by atoms with van der Waals surface area (Å²) in [6.07, 6.45) is 3.43. The molecule has 0 spiro atoms. The highest BCUT2D eigenvalue weighted by molar-refractivity contribution is 6.34. The highest BCUT2D eigenvalue weighted by Crippen LogP contribution is 2.37. The van der Waals surface area contributed by atoms with Gasteiger partial charge in [-0.25, -0.2) is 0 Å². The van der Waals surface area contributed by atoms with E-state index in [4.69, 9.17) is 16.3 Å². The first kappa shape index (κ1) is 18.6. The Balaban J connectivity index is 1.62. The van der Waals surface area contributed by atoms with Gasteiger partial charge >= 0.3 is 0 Å². The predicted molar refractivity (Wildman–Crippen MR) is 114 cm³/mol. The zero-order valence-corrected chi connectivity index (χ0v) is 16.5. The third-order valence-electron chi connectivity index (χ3n) is 5.34. The summed E-state index contributed by atoms with van der Waals surface area (Å²) in [5.74, 6) is 0.544. The van der Waals surface area contributed by atoms with E-state index in [1.807, 2.05) is 12.1 Å². The molecule has 0 saturated heterocycles. The van der Waals surface area contributed by atoms with Gasteiger partial charge in [-0.1, -0.05) is 54.1 Å². The third kappa shape index (κ3) is 3.63. The van der Waals surface area contributed by atoms with Crippen molar-refractivity contribution in [2.45, 2.75) is 25.2 Å². The fraction of sp³-hybridized carbons (Fsp3) is 0.208. The largest absolute Gasteiger partial charge is 0.496 e. The zero-order valence-electron chi connectivity index (χ0n) is 15.7. The Hall–Kier alpha value is -2.78. The molecule has 0 aliphatic heterocycles. The molecule has 0 radical (unpaired) electrons. The average molecular weight is 392 g/mol. The molecule has 1 atom stereocenters. The van der Waals surface area contributed by atoms with Crippen molar-refractivity contribution in [3.63, 3.8) is 0 Å². The molecule has 3 nitrogen and oxygen atoms in total. The van der Waals surface area contributed by atoms with Crippen LogP contribution in [0.25, 0.3) is 0 Å². The standard InChI is InChI=1S/C24H22ClNO2/c1-28-22-14-6-13-21(25)23(22)24(27)26-18-10-4-9-17(15-18)20-12-5-8-16-7-2-3-11-19(16)20/h2-4,6-7,9-11,13-15,20H,5,8,12H2,1H3,(H,26,27). The number of methoxy groups -OCH3 is 1. The number of carbonyl (C=O) groups is 1. The number of anilines is 1. The lowest BCUT2D eigenvalue weighted by atomic mass is 9.79. The summed E-state index contributed by atoms with van der Waals surface area (Å²) in [4.78, 5) is 12.8. The SMILES string of the molecule is COc1cccc(Cl)c1C(=O)Nc1cccc(C2CCCc3ccccc32)c1. The summed E-state index contributed by atoms with van der Waals surface area (Å²) in [6, 6.07) is 21.9. The smallest absolute Gasteiger partial charge is 0.260 e. The van der Waals surface area contributed by atoms with Gasteiger partial charge in [0, 0.05) is 11.6 Å². The molecule has 0 fully saturated rings. The first-order chi connectivity index (χ1) is 13.7. The monoisotopic (exact) mass is 391 g/mol. The fourth-order valence-corrected chi connectivity index (χ4v) is 4.27. The minimum Gasteiger partial charge on any atom is -0.496 e. The van der Waals surface area contributed by atoms with Crippen molar-refractivity contribution in [3.8, 4) is 5.75 Å². The zero-order chi connectivity index (χ0) is 19.5. The second-order valence-corrected chi connectivity index (χ2v) is 7.45. The second kappa shape index (κ2) is 8.07. The number of hydrogen-bond acceptors (Lipinski definition) is 2. The number of fused-ring (bicyclic) bond motifs is 1. The lowest BCUT2D eigenvalue weighted by Gasteiger charge is -2.26. The Morgan fingerprint density at radius 1 is 1.07 bits per heavy atom. The van der Waals surface area contributed by atoms with Gasteiger partial charge in [-0.2, -0.15) is 0 Å². The van der Waals surface area contributed by atoms with Gasteiger partial charge in [0.05, 0.1) is 12.1 Å². The van der Waals surface area contributed by atoms with E-state index in [0.717, 1.165) is 18.5 Å². The number of nitrogens with one attached hydrogen (secondary N) is 1. The lowest BCUT2D eigenvalue weighted by molar-refractivity contribution is 0.102. The van der Waals surface area contributed by atoms with Crippen molar-refractivity contribution in [1.29, 1.82) is 0 Å². The van der Waals surface area contributed by atoms with Crippen molar-refractivity contribution in [2.24, 2.45) is 0 Å². The minimum atomic E-state index is -0.274. The van der Waals surface area contributed by atoms with E-state index in [9.17, 15) is 4.79 Å². The van der Waals surface area contributed by atoms with Crippen LogP contribution in [0.3, 0.4) is 0 Å². The predicted octanol–water partition coefficient (Wildman–Crippen LogP) is 6.07. The van der Waals surface area contributed by atoms with E-state index < -0.39 is 0 Å². The van der Waals surface area contributed by atoms with Gasteiger partial charge in [0.2, 0.25) is 0 Å². The van der Waals surface area contributed by atoms with Crippen LogP contribution in [0.1, 0.15) is 45.8 Å². The molecule has 28 heavy (non-hydrogen) atoms. The quantitative estimate of drug-likeness (QED) is 0.586. The lowest BCUT2D eigenvalue weighted by Crippen LogP contribution is -2.15. The first-order valence-electron chi connectivity index (χ1n) is 9.49.